The molecule has 1 unspecified atom stereocenters. The van der Waals surface area contributed by atoms with Crippen LogP contribution < -0.4 is 5.32 Å². The van der Waals surface area contributed by atoms with Crippen LogP contribution in [0.3, 0.4) is 0 Å². The van der Waals surface area contributed by atoms with E-state index in [0.717, 1.165) is 11.1 Å². The molecule has 0 aromatic heterocycles. The van der Waals surface area contributed by atoms with Gasteiger partial charge in [-0.3, -0.25) is 9.59 Å². The van der Waals surface area contributed by atoms with Crippen LogP contribution in [0.25, 0.3) is 0 Å². The van der Waals surface area contributed by atoms with Crippen molar-refractivity contribution in [2.75, 3.05) is 0 Å². The first-order chi connectivity index (χ1) is 12.8. The molecule has 27 heavy (non-hydrogen) atoms. The Hall–Kier alpha value is -2.69. The number of nitrogens with zero attached hydrogens (tertiary/aromatic N) is 1. The van der Waals surface area contributed by atoms with Crippen LogP contribution in [0.2, 0.25) is 0 Å². The molecule has 2 aromatic rings. The Morgan fingerprint density at radius 2 is 1.59 bits per heavy atom. The Kier molecular flexibility index (Phi) is 7.11. The Labute approximate surface area is 160 Å². The molecular weight excluding hydrogens is 343 g/mol. The van der Waals surface area contributed by atoms with Gasteiger partial charge < -0.3 is 10.2 Å². The lowest BCUT2D eigenvalue weighted by Crippen LogP contribution is -2.49. The first-order valence-corrected chi connectivity index (χ1v) is 9.17. The zero-order chi connectivity index (χ0) is 20.0. The van der Waals surface area contributed by atoms with E-state index in [1.54, 1.807) is 25.1 Å². The molecule has 5 heteroatoms. The number of amides is 2. The van der Waals surface area contributed by atoms with Gasteiger partial charge in [-0.1, -0.05) is 42.5 Å². The summed E-state index contributed by atoms with van der Waals surface area (Å²) in [5, 5.41) is 2.85. The third kappa shape index (κ3) is 5.64. The number of halogens is 1. The molecule has 1 atom stereocenters. The number of rotatable bonds is 7. The van der Waals surface area contributed by atoms with Gasteiger partial charge in [-0.2, -0.15) is 0 Å². The van der Waals surface area contributed by atoms with Gasteiger partial charge in [0.2, 0.25) is 11.8 Å². The minimum atomic E-state index is -0.661. The van der Waals surface area contributed by atoms with Crippen molar-refractivity contribution in [3.05, 3.63) is 71.0 Å². The van der Waals surface area contributed by atoms with E-state index in [2.05, 4.69) is 5.32 Å². The summed E-state index contributed by atoms with van der Waals surface area (Å²) in [7, 11) is 0. The number of benzene rings is 2. The van der Waals surface area contributed by atoms with Gasteiger partial charge in [0.15, 0.2) is 0 Å². The molecule has 2 aromatic carbocycles. The molecule has 0 heterocycles. The summed E-state index contributed by atoms with van der Waals surface area (Å²) in [6.45, 7) is 7.71. The van der Waals surface area contributed by atoms with Gasteiger partial charge in [-0.05, 0) is 50.5 Å². The van der Waals surface area contributed by atoms with Crippen LogP contribution in [0.4, 0.5) is 4.39 Å². The molecule has 144 valence electrons. The maximum absolute atomic E-state index is 14.0. The number of carbonyl (C=O) groups is 2. The van der Waals surface area contributed by atoms with Crippen molar-refractivity contribution in [1.82, 2.24) is 10.2 Å². The molecule has 0 aliphatic heterocycles. The summed E-state index contributed by atoms with van der Waals surface area (Å²) in [6.07, 6.45) is -0.0855. The number of carbonyl (C=O) groups excluding carboxylic acids is 2. The summed E-state index contributed by atoms with van der Waals surface area (Å²) in [5.41, 5.74) is 2.33. The van der Waals surface area contributed by atoms with Crippen molar-refractivity contribution in [2.24, 2.45) is 0 Å². The Morgan fingerprint density at radius 1 is 1.00 bits per heavy atom. The van der Waals surface area contributed by atoms with Gasteiger partial charge in [-0.15, -0.1) is 0 Å². The van der Waals surface area contributed by atoms with E-state index >= 15 is 0 Å². The Balaban J connectivity index is 2.27. The third-order valence-corrected chi connectivity index (χ3v) is 4.50. The van der Waals surface area contributed by atoms with Gasteiger partial charge in [0.1, 0.15) is 11.9 Å². The maximum atomic E-state index is 14.0. The fraction of sp³-hybridized carbons (Fsp3) is 0.364. The molecule has 0 bridgehead atoms. The molecule has 1 N–H and O–H groups in total. The minimum Gasteiger partial charge on any atom is -0.352 e. The normalized spacial score (nSPS) is 11.9. The number of nitrogens with one attached hydrogen (secondary N) is 1. The topological polar surface area (TPSA) is 49.4 Å². The van der Waals surface area contributed by atoms with Crippen LogP contribution in [0.5, 0.6) is 0 Å². The molecule has 0 aliphatic carbocycles. The lowest BCUT2D eigenvalue weighted by Gasteiger charge is -2.30. The van der Waals surface area contributed by atoms with Crippen LogP contribution in [0.1, 0.15) is 37.5 Å². The highest BCUT2D eigenvalue weighted by Gasteiger charge is 2.27. The average molecular weight is 370 g/mol. The first kappa shape index (κ1) is 20.6. The Bertz CT molecular complexity index is 804. The standard InChI is InChI=1S/C22H27FN2O2/c1-15(2)24-22(27)17(4)25(14-19-11-6-5-9-16(19)3)21(26)13-18-10-7-8-12-20(18)23/h5-12,15,17H,13-14H2,1-4H3,(H,24,27). The molecule has 0 saturated carbocycles. The molecule has 0 radical (unpaired) electrons. The number of hydrogen-bond donors (Lipinski definition) is 1. The second-order valence-corrected chi connectivity index (χ2v) is 7.06. The highest BCUT2D eigenvalue weighted by Crippen LogP contribution is 2.16. The van der Waals surface area contributed by atoms with Crippen molar-refractivity contribution in [1.29, 1.82) is 0 Å². The first-order valence-electron chi connectivity index (χ1n) is 9.17. The lowest BCUT2D eigenvalue weighted by atomic mass is 10.1. The van der Waals surface area contributed by atoms with Crippen molar-refractivity contribution in [2.45, 2.75) is 52.7 Å². The van der Waals surface area contributed by atoms with Gasteiger partial charge in [-0.25, -0.2) is 4.39 Å². The van der Waals surface area contributed by atoms with Crippen LogP contribution in [0, 0.1) is 12.7 Å². The van der Waals surface area contributed by atoms with E-state index in [9.17, 15) is 14.0 Å². The monoisotopic (exact) mass is 370 g/mol. The fourth-order valence-corrected chi connectivity index (χ4v) is 2.86. The minimum absolute atomic E-state index is 0.0260. The quantitative estimate of drug-likeness (QED) is 0.809. The largest absolute Gasteiger partial charge is 0.352 e. The predicted octanol–water partition coefficient (Wildman–Crippen LogP) is 3.62. The second kappa shape index (κ2) is 9.31. The van der Waals surface area contributed by atoms with E-state index in [1.165, 1.54) is 11.0 Å². The van der Waals surface area contributed by atoms with E-state index in [4.69, 9.17) is 0 Å². The molecule has 0 aliphatic rings. The molecule has 4 nitrogen and oxygen atoms in total. The summed E-state index contributed by atoms with van der Waals surface area (Å²) < 4.78 is 14.0. The summed E-state index contributed by atoms with van der Waals surface area (Å²) in [5.74, 6) is -0.920. The molecule has 2 rings (SSSR count). The lowest BCUT2D eigenvalue weighted by molar-refractivity contribution is -0.140. The average Bonchev–Trinajstić information content (AvgIpc) is 2.61. The van der Waals surface area contributed by atoms with E-state index in [0.29, 0.717) is 12.1 Å². The highest BCUT2D eigenvalue weighted by molar-refractivity contribution is 5.88. The molecule has 2 amide bonds. The van der Waals surface area contributed by atoms with Gasteiger partial charge in [0.25, 0.3) is 0 Å². The van der Waals surface area contributed by atoms with Gasteiger partial charge in [0, 0.05) is 12.6 Å². The predicted molar refractivity (Wildman–Crippen MR) is 105 cm³/mol. The second-order valence-electron chi connectivity index (χ2n) is 7.06. The smallest absolute Gasteiger partial charge is 0.242 e. The SMILES string of the molecule is Cc1ccccc1CN(C(=O)Cc1ccccc1F)C(C)C(=O)NC(C)C. The van der Waals surface area contributed by atoms with Crippen molar-refractivity contribution >= 4 is 11.8 Å². The van der Waals surface area contributed by atoms with Crippen LogP contribution in [-0.2, 0) is 22.6 Å². The number of hydrogen-bond acceptors (Lipinski definition) is 2. The third-order valence-electron chi connectivity index (χ3n) is 4.50. The van der Waals surface area contributed by atoms with Crippen molar-refractivity contribution < 1.29 is 14.0 Å². The van der Waals surface area contributed by atoms with Crippen molar-refractivity contribution in [3.63, 3.8) is 0 Å². The summed E-state index contributed by atoms with van der Waals surface area (Å²) in [6, 6.07) is 13.3. The fourth-order valence-electron chi connectivity index (χ4n) is 2.86. The van der Waals surface area contributed by atoms with Gasteiger partial charge >= 0.3 is 0 Å². The van der Waals surface area contributed by atoms with E-state index < -0.39 is 11.9 Å². The molecule has 0 spiro atoms. The van der Waals surface area contributed by atoms with Crippen LogP contribution >= 0.6 is 0 Å². The van der Waals surface area contributed by atoms with Crippen molar-refractivity contribution in [3.8, 4) is 0 Å². The zero-order valence-electron chi connectivity index (χ0n) is 16.3. The maximum Gasteiger partial charge on any atom is 0.242 e. The highest BCUT2D eigenvalue weighted by atomic mass is 19.1. The summed E-state index contributed by atoms with van der Waals surface area (Å²) >= 11 is 0. The van der Waals surface area contributed by atoms with Gasteiger partial charge in [0.05, 0.1) is 6.42 Å². The molecule has 0 saturated heterocycles. The van der Waals surface area contributed by atoms with Crippen LogP contribution in [0.15, 0.2) is 48.5 Å². The molecular formula is C22H27FN2O2. The molecule has 0 fully saturated rings. The van der Waals surface area contributed by atoms with Crippen LogP contribution in [-0.4, -0.2) is 28.8 Å². The van der Waals surface area contributed by atoms with E-state index in [1.807, 2.05) is 45.0 Å². The summed E-state index contributed by atoms with van der Waals surface area (Å²) in [4.78, 5) is 27.0. The van der Waals surface area contributed by atoms with E-state index in [-0.39, 0.29) is 24.3 Å². The Morgan fingerprint density at radius 3 is 2.19 bits per heavy atom. The number of aryl methyl sites for hydroxylation is 1. The zero-order valence-corrected chi connectivity index (χ0v) is 16.3.